The molecule has 1 atom stereocenters. The van der Waals surface area contributed by atoms with Crippen LogP contribution in [-0.4, -0.2) is 30.2 Å². The van der Waals surface area contributed by atoms with Gasteiger partial charge in [0.2, 0.25) is 10.0 Å². The van der Waals surface area contributed by atoms with Gasteiger partial charge in [0.15, 0.2) is 5.13 Å². The van der Waals surface area contributed by atoms with E-state index in [1.165, 1.54) is 27.8 Å². The molecule has 2 aromatic carbocycles. The Bertz CT molecular complexity index is 1160. The lowest BCUT2D eigenvalue weighted by atomic mass is 10.2. The van der Waals surface area contributed by atoms with Gasteiger partial charge in [-0.2, -0.15) is 4.31 Å². The maximum Gasteiger partial charge on any atom is 0.257 e. The van der Waals surface area contributed by atoms with E-state index in [4.69, 9.17) is 23.2 Å². The van der Waals surface area contributed by atoms with Gasteiger partial charge in [0.05, 0.1) is 16.6 Å². The van der Waals surface area contributed by atoms with Gasteiger partial charge < -0.3 is 0 Å². The molecule has 0 spiro atoms. The highest BCUT2D eigenvalue weighted by atomic mass is 35.5. The highest BCUT2D eigenvalue weighted by Gasteiger charge is 2.37. The molecule has 3 aromatic rings. The first kappa shape index (κ1) is 21.3. The molecule has 1 aliphatic rings. The molecule has 1 saturated heterocycles. The van der Waals surface area contributed by atoms with E-state index in [0.29, 0.717) is 39.4 Å². The molecule has 0 aliphatic carbocycles. The fraction of sp³-hybridized carbons (Fsp3) is 0.200. The van der Waals surface area contributed by atoms with Crippen LogP contribution in [0, 0.1) is 0 Å². The van der Waals surface area contributed by atoms with Gasteiger partial charge in [-0.25, -0.2) is 13.4 Å². The summed E-state index contributed by atoms with van der Waals surface area (Å²) < 4.78 is 27.7. The summed E-state index contributed by atoms with van der Waals surface area (Å²) in [6.45, 7) is 0.416. The summed E-state index contributed by atoms with van der Waals surface area (Å²) in [5.74, 6) is -0.301. The van der Waals surface area contributed by atoms with E-state index in [1.807, 2.05) is 0 Å². The molecule has 1 aromatic heterocycles. The zero-order chi connectivity index (χ0) is 21.3. The van der Waals surface area contributed by atoms with Crippen molar-refractivity contribution in [3.05, 3.63) is 75.2 Å². The standard InChI is InChI=1S/C20H17Cl2N3O3S2/c21-14-5-3-13(4-6-14)19(26)24-20-23-17(12-29-20)18-2-1-11-25(18)30(27,28)16-9-7-15(22)8-10-16/h3-10,12,18H,1-2,11H2,(H,23,24,26)/t18-/m0/s1. The van der Waals surface area contributed by atoms with Crippen molar-refractivity contribution in [3.8, 4) is 0 Å². The lowest BCUT2D eigenvalue weighted by Crippen LogP contribution is -2.30. The SMILES string of the molecule is O=C(Nc1nc([C@@H]2CCCN2S(=O)(=O)c2ccc(Cl)cc2)cs1)c1ccc(Cl)cc1. The summed E-state index contributed by atoms with van der Waals surface area (Å²) in [4.78, 5) is 17.1. The first-order chi connectivity index (χ1) is 14.3. The molecule has 0 unspecified atom stereocenters. The number of aromatic nitrogens is 1. The molecular weight excluding hydrogens is 465 g/mol. The number of carbonyl (C=O) groups is 1. The van der Waals surface area contributed by atoms with Crippen LogP contribution in [0.1, 0.15) is 34.9 Å². The van der Waals surface area contributed by atoms with E-state index >= 15 is 0 Å². The number of hydrogen-bond acceptors (Lipinski definition) is 5. The number of carbonyl (C=O) groups excluding carboxylic acids is 1. The first-order valence-corrected chi connectivity index (χ1v) is 12.2. The number of nitrogens with one attached hydrogen (secondary N) is 1. The third-order valence-corrected chi connectivity index (χ3v) is 8.02. The molecule has 10 heteroatoms. The van der Waals surface area contributed by atoms with Crippen LogP contribution in [0.2, 0.25) is 10.0 Å². The Hall–Kier alpha value is -1.97. The van der Waals surface area contributed by atoms with Crippen molar-refractivity contribution in [3.63, 3.8) is 0 Å². The normalized spacial score (nSPS) is 17.2. The Kier molecular flexibility index (Phi) is 6.13. The lowest BCUT2D eigenvalue weighted by Gasteiger charge is -2.22. The fourth-order valence-electron chi connectivity index (χ4n) is 3.33. The second-order valence-electron chi connectivity index (χ2n) is 6.77. The summed E-state index contributed by atoms with van der Waals surface area (Å²) >= 11 is 13.0. The predicted octanol–water partition coefficient (Wildman–Crippen LogP) is 5.23. The molecule has 1 fully saturated rings. The van der Waals surface area contributed by atoms with E-state index in [-0.39, 0.29) is 16.8 Å². The molecule has 4 rings (SSSR count). The summed E-state index contributed by atoms with van der Waals surface area (Å²) in [5.41, 5.74) is 1.09. The monoisotopic (exact) mass is 481 g/mol. The Morgan fingerprint density at radius 1 is 1.07 bits per heavy atom. The summed E-state index contributed by atoms with van der Waals surface area (Å²) in [7, 11) is -3.67. The summed E-state index contributed by atoms with van der Waals surface area (Å²) in [6, 6.07) is 12.3. The molecule has 1 aliphatic heterocycles. The quantitative estimate of drug-likeness (QED) is 0.540. The number of sulfonamides is 1. The molecule has 0 bridgehead atoms. The van der Waals surface area contributed by atoms with Crippen LogP contribution in [-0.2, 0) is 10.0 Å². The van der Waals surface area contributed by atoms with Crippen molar-refractivity contribution in [1.29, 1.82) is 0 Å². The highest BCUT2D eigenvalue weighted by molar-refractivity contribution is 7.89. The average Bonchev–Trinajstić information content (AvgIpc) is 3.38. The van der Waals surface area contributed by atoms with Crippen LogP contribution in [0.3, 0.4) is 0 Å². The van der Waals surface area contributed by atoms with Gasteiger partial charge in [-0.05, 0) is 61.4 Å². The van der Waals surface area contributed by atoms with Crippen LogP contribution in [0.15, 0.2) is 58.8 Å². The van der Waals surface area contributed by atoms with Gasteiger partial charge in [0, 0.05) is 27.5 Å². The lowest BCUT2D eigenvalue weighted by molar-refractivity contribution is 0.102. The Morgan fingerprint density at radius 2 is 1.70 bits per heavy atom. The molecule has 156 valence electrons. The fourth-order valence-corrected chi connectivity index (χ4v) is 6.01. The number of amides is 1. The maximum atomic E-state index is 13.1. The maximum absolute atomic E-state index is 13.1. The van der Waals surface area contributed by atoms with Crippen molar-refractivity contribution >= 4 is 55.6 Å². The molecule has 1 amide bonds. The van der Waals surface area contributed by atoms with Gasteiger partial charge in [0.1, 0.15) is 0 Å². The number of benzene rings is 2. The smallest absolute Gasteiger partial charge is 0.257 e. The minimum atomic E-state index is -3.67. The second kappa shape index (κ2) is 8.64. The van der Waals surface area contributed by atoms with Crippen molar-refractivity contribution in [2.45, 2.75) is 23.8 Å². The third kappa shape index (κ3) is 4.38. The van der Waals surface area contributed by atoms with Crippen LogP contribution in [0.5, 0.6) is 0 Å². The third-order valence-electron chi connectivity index (χ3n) is 4.81. The van der Waals surface area contributed by atoms with Crippen molar-refractivity contribution in [2.24, 2.45) is 0 Å². The minimum absolute atomic E-state index is 0.199. The summed E-state index contributed by atoms with van der Waals surface area (Å²) in [6.07, 6.45) is 1.41. The number of halogens is 2. The van der Waals surface area contributed by atoms with Crippen molar-refractivity contribution in [1.82, 2.24) is 9.29 Å². The van der Waals surface area contributed by atoms with Gasteiger partial charge >= 0.3 is 0 Å². The highest BCUT2D eigenvalue weighted by Crippen LogP contribution is 2.37. The molecule has 0 saturated carbocycles. The van der Waals surface area contributed by atoms with Gasteiger partial charge in [-0.3, -0.25) is 10.1 Å². The van der Waals surface area contributed by atoms with E-state index in [1.54, 1.807) is 41.8 Å². The Morgan fingerprint density at radius 3 is 2.37 bits per heavy atom. The average molecular weight is 482 g/mol. The van der Waals surface area contributed by atoms with Crippen molar-refractivity contribution < 1.29 is 13.2 Å². The number of thiazole rings is 1. The van der Waals surface area contributed by atoms with E-state index in [2.05, 4.69) is 10.3 Å². The Labute approximate surface area is 188 Å². The molecule has 6 nitrogen and oxygen atoms in total. The van der Waals surface area contributed by atoms with Gasteiger partial charge in [-0.15, -0.1) is 11.3 Å². The largest absolute Gasteiger partial charge is 0.298 e. The number of hydrogen-bond donors (Lipinski definition) is 1. The first-order valence-electron chi connectivity index (χ1n) is 9.14. The zero-order valence-corrected chi connectivity index (χ0v) is 18.7. The molecule has 30 heavy (non-hydrogen) atoms. The molecule has 0 radical (unpaired) electrons. The van der Waals surface area contributed by atoms with Gasteiger partial charge in [-0.1, -0.05) is 23.2 Å². The number of anilines is 1. The number of nitrogens with zero attached hydrogens (tertiary/aromatic N) is 2. The van der Waals surface area contributed by atoms with Crippen LogP contribution >= 0.6 is 34.5 Å². The second-order valence-corrected chi connectivity index (χ2v) is 10.4. The van der Waals surface area contributed by atoms with Crippen molar-refractivity contribution in [2.75, 3.05) is 11.9 Å². The van der Waals surface area contributed by atoms with E-state index in [0.717, 1.165) is 6.42 Å². The van der Waals surface area contributed by atoms with Crippen LogP contribution < -0.4 is 5.32 Å². The van der Waals surface area contributed by atoms with Crippen LogP contribution in [0.25, 0.3) is 0 Å². The number of rotatable bonds is 5. The van der Waals surface area contributed by atoms with Gasteiger partial charge in [0.25, 0.3) is 5.91 Å². The van der Waals surface area contributed by atoms with E-state index < -0.39 is 10.0 Å². The van der Waals surface area contributed by atoms with Crippen LogP contribution in [0.4, 0.5) is 5.13 Å². The minimum Gasteiger partial charge on any atom is -0.298 e. The topological polar surface area (TPSA) is 79.4 Å². The molecule has 2 heterocycles. The molecule has 1 N–H and O–H groups in total. The van der Waals surface area contributed by atoms with E-state index in [9.17, 15) is 13.2 Å². The summed E-state index contributed by atoms with van der Waals surface area (Å²) in [5, 5.41) is 5.99. The molecular formula is C20H17Cl2N3O3S2. The zero-order valence-electron chi connectivity index (χ0n) is 15.6. The Balaban J connectivity index is 1.52. The predicted molar refractivity (Wildman–Crippen MR) is 119 cm³/mol.